The Morgan fingerprint density at radius 2 is 1.28 bits per heavy atom. The molecule has 0 bridgehead atoms. The highest BCUT2D eigenvalue weighted by Crippen LogP contribution is 2.15. The normalized spacial score (nSPS) is 11.8. The molecular formula is C27H44ClNO3. The summed E-state index contributed by atoms with van der Waals surface area (Å²) in [4.78, 5) is 24.3. The highest BCUT2D eigenvalue weighted by Gasteiger charge is 2.19. The predicted molar refractivity (Wildman–Crippen MR) is 134 cm³/mol. The fourth-order valence-electron chi connectivity index (χ4n) is 3.75. The van der Waals surface area contributed by atoms with E-state index >= 15 is 0 Å². The van der Waals surface area contributed by atoms with E-state index in [1.165, 1.54) is 83.5 Å². The van der Waals surface area contributed by atoms with Crippen LogP contribution in [0.15, 0.2) is 24.3 Å². The van der Waals surface area contributed by atoms with Gasteiger partial charge in [-0.05, 0) is 25.5 Å². The molecule has 1 N–H and O–H groups in total. The molecular weight excluding hydrogens is 422 g/mol. The van der Waals surface area contributed by atoms with Crippen LogP contribution < -0.4 is 5.32 Å². The molecule has 0 spiro atoms. The standard InChI is InChI=1S/C27H44ClNO3/c1-3-4-5-6-7-8-9-10-11-12-13-14-15-16-19-22-32-27(31)23(2)29-26(30)24-20-17-18-21-25(24)28/h17-18,20-21,23H,3-16,19,22H2,1-2H3,(H,29,30)/t23-/m0/s1. The smallest absolute Gasteiger partial charge is 0.328 e. The van der Waals surface area contributed by atoms with Crippen LogP contribution in [0.5, 0.6) is 0 Å². The Hall–Kier alpha value is -1.55. The van der Waals surface area contributed by atoms with E-state index < -0.39 is 12.0 Å². The average Bonchev–Trinajstić information content (AvgIpc) is 2.78. The number of hydrogen-bond donors (Lipinski definition) is 1. The van der Waals surface area contributed by atoms with Crippen molar-refractivity contribution in [3.05, 3.63) is 34.9 Å². The molecule has 1 amide bonds. The van der Waals surface area contributed by atoms with Crippen molar-refractivity contribution < 1.29 is 14.3 Å². The zero-order chi connectivity index (χ0) is 23.4. The van der Waals surface area contributed by atoms with Gasteiger partial charge < -0.3 is 10.1 Å². The van der Waals surface area contributed by atoms with Crippen LogP contribution in [-0.4, -0.2) is 24.5 Å². The molecule has 4 nitrogen and oxygen atoms in total. The van der Waals surface area contributed by atoms with Crippen molar-refractivity contribution in [2.75, 3.05) is 6.61 Å². The van der Waals surface area contributed by atoms with Crippen LogP contribution in [0, 0.1) is 0 Å². The van der Waals surface area contributed by atoms with Gasteiger partial charge in [0.15, 0.2) is 0 Å². The van der Waals surface area contributed by atoms with Gasteiger partial charge in [0.2, 0.25) is 0 Å². The van der Waals surface area contributed by atoms with Crippen molar-refractivity contribution in [3.63, 3.8) is 0 Å². The summed E-state index contributed by atoms with van der Waals surface area (Å²) in [5, 5.41) is 3.01. The molecule has 0 saturated carbocycles. The van der Waals surface area contributed by atoms with Crippen molar-refractivity contribution in [2.24, 2.45) is 0 Å². The summed E-state index contributed by atoms with van der Waals surface area (Å²) in [6.45, 7) is 4.30. The maximum atomic E-state index is 12.2. The highest BCUT2D eigenvalue weighted by atomic mass is 35.5. The van der Waals surface area contributed by atoms with Crippen LogP contribution in [0.25, 0.3) is 0 Å². The molecule has 0 heterocycles. The largest absolute Gasteiger partial charge is 0.464 e. The number of unbranched alkanes of at least 4 members (excludes halogenated alkanes) is 14. The first-order valence-electron chi connectivity index (χ1n) is 12.8. The summed E-state index contributed by atoms with van der Waals surface area (Å²) < 4.78 is 5.30. The van der Waals surface area contributed by atoms with Crippen LogP contribution >= 0.6 is 11.6 Å². The van der Waals surface area contributed by atoms with Gasteiger partial charge >= 0.3 is 5.97 Å². The number of amides is 1. The van der Waals surface area contributed by atoms with Crippen LogP contribution in [0.4, 0.5) is 0 Å². The van der Waals surface area contributed by atoms with E-state index in [0.29, 0.717) is 17.2 Å². The predicted octanol–water partition coefficient (Wildman–Crippen LogP) is 7.87. The SMILES string of the molecule is CCCCCCCCCCCCCCCCCOC(=O)[C@H](C)NC(=O)c1ccccc1Cl. The number of carbonyl (C=O) groups excluding carboxylic acids is 2. The number of nitrogens with one attached hydrogen (secondary N) is 1. The van der Waals surface area contributed by atoms with Crippen LogP contribution in [0.3, 0.4) is 0 Å². The summed E-state index contributed by atoms with van der Waals surface area (Å²) in [7, 11) is 0. The van der Waals surface area contributed by atoms with Crippen molar-refractivity contribution >= 4 is 23.5 Å². The zero-order valence-electron chi connectivity index (χ0n) is 20.3. The van der Waals surface area contributed by atoms with E-state index in [1.807, 2.05) is 0 Å². The maximum Gasteiger partial charge on any atom is 0.328 e. The summed E-state index contributed by atoms with van der Waals surface area (Å²) in [5.74, 6) is -0.775. The number of rotatable bonds is 19. The summed E-state index contributed by atoms with van der Waals surface area (Å²) in [6, 6.07) is 6.07. The molecule has 0 radical (unpaired) electrons. The van der Waals surface area contributed by atoms with Gasteiger partial charge in [-0.25, -0.2) is 4.79 Å². The number of esters is 1. The lowest BCUT2D eigenvalue weighted by molar-refractivity contribution is -0.145. The molecule has 0 aliphatic heterocycles. The Labute approximate surface area is 200 Å². The average molecular weight is 466 g/mol. The minimum atomic E-state index is -0.699. The van der Waals surface area contributed by atoms with Gasteiger partial charge in [0.1, 0.15) is 6.04 Å². The fourth-order valence-corrected chi connectivity index (χ4v) is 3.97. The summed E-state index contributed by atoms with van der Waals surface area (Å²) >= 11 is 6.02. The molecule has 0 fully saturated rings. The Balaban J connectivity index is 1.93. The van der Waals surface area contributed by atoms with Crippen molar-refractivity contribution in [3.8, 4) is 0 Å². The highest BCUT2D eigenvalue weighted by molar-refractivity contribution is 6.33. The Morgan fingerprint density at radius 3 is 1.78 bits per heavy atom. The van der Waals surface area contributed by atoms with E-state index in [4.69, 9.17) is 16.3 Å². The molecule has 0 saturated heterocycles. The Morgan fingerprint density at radius 1 is 0.812 bits per heavy atom. The molecule has 1 rings (SSSR count). The summed E-state index contributed by atoms with van der Waals surface area (Å²) in [6.07, 6.45) is 19.6. The van der Waals surface area contributed by atoms with E-state index in [9.17, 15) is 9.59 Å². The lowest BCUT2D eigenvalue weighted by atomic mass is 10.0. The molecule has 1 aromatic rings. The lowest BCUT2D eigenvalue weighted by Gasteiger charge is -2.14. The third-order valence-corrected chi connectivity index (χ3v) is 6.14. The van der Waals surface area contributed by atoms with Gasteiger partial charge in [-0.3, -0.25) is 4.79 Å². The minimum Gasteiger partial charge on any atom is -0.464 e. The molecule has 0 aliphatic rings. The molecule has 5 heteroatoms. The third kappa shape index (κ3) is 13.8. The van der Waals surface area contributed by atoms with E-state index in [0.717, 1.165) is 12.8 Å². The van der Waals surface area contributed by atoms with Gasteiger partial charge in [-0.2, -0.15) is 0 Å². The summed E-state index contributed by atoms with van der Waals surface area (Å²) in [5.41, 5.74) is 0.358. The number of carbonyl (C=O) groups is 2. The lowest BCUT2D eigenvalue weighted by Crippen LogP contribution is -2.39. The topological polar surface area (TPSA) is 55.4 Å². The number of benzene rings is 1. The third-order valence-electron chi connectivity index (χ3n) is 5.81. The quantitative estimate of drug-likeness (QED) is 0.167. The molecule has 1 atom stereocenters. The molecule has 0 unspecified atom stereocenters. The van der Waals surface area contributed by atoms with E-state index in [-0.39, 0.29) is 5.91 Å². The molecule has 0 aromatic heterocycles. The minimum absolute atomic E-state index is 0.358. The van der Waals surface area contributed by atoms with Crippen LogP contribution in [0.2, 0.25) is 5.02 Å². The Bertz CT molecular complexity index is 635. The second-order valence-electron chi connectivity index (χ2n) is 8.79. The zero-order valence-corrected chi connectivity index (χ0v) is 21.1. The van der Waals surface area contributed by atoms with Crippen molar-refractivity contribution in [1.29, 1.82) is 0 Å². The van der Waals surface area contributed by atoms with Gasteiger partial charge in [-0.15, -0.1) is 0 Å². The monoisotopic (exact) mass is 465 g/mol. The fraction of sp³-hybridized carbons (Fsp3) is 0.704. The molecule has 1 aromatic carbocycles. The Kier molecular flexibility index (Phi) is 16.9. The first-order chi connectivity index (χ1) is 15.6. The number of ether oxygens (including phenoxy) is 1. The van der Waals surface area contributed by atoms with Gasteiger partial charge in [0, 0.05) is 0 Å². The number of halogens is 1. The van der Waals surface area contributed by atoms with Crippen molar-refractivity contribution in [2.45, 2.75) is 116 Å². The van der Waals surface area contributed by atoms with Crippen LogP contribution in [0.1, 0.15) is 121 Å². The van der Waals surface area contributed by atoms with Crippen LogP contribution in [-0.2, 0) is 9.53 Å². The van der Waals surface area contributed by atoms with Gasteiger partial charge in [0.25, 0.3) is 5.91 Å². The second kappa shape index (κ2) is 19.0. The first kappa shape index (κ1) is 28.5. The number of hydrogen-bond acceptors (Lipinski definition) is 3. The molecule has 0 aliphatic carbocycles. The van der Waals surface area contributed by atoms with E-state index in [2.05, 4.69) is 12.2 Å². The molecule has 32 heavy (non-hydrogen) atoms. The van der Waals surface area contributed by atoms with Gasteiger partial charge in [-0.1, -0.05) is 121 Å². The second-order valence-corrected chi connectivity index (χ2v) is 9.20. The first-order valence-corrected chi connectivity index (χ1v) is 13.2. The van der Waals surface area contributed by atoms with Gasteiger partial charge in [0.05, 0.1) is 17.2 Å². The maximum absolute atomic E-state index is 12.2. The van der Waals surface area contributed by atoms with E-state index in [1.54, 1.807) is 31.2 Å². The molecule has 182 valence electrons. The van der Waals surface area contributed by atoms with Crippen molar-refractivity contribution in [1.82, 2.24) is 5.32 Å².